The molecule has 22 heavy (non-hydrogen) atoms. The van der Waals surface area contributed by atoms with Crippen LogP contribution in [0.2, 0.25) is 5.02 Å². The van der Waals surface area contributed by atoms with Crippen molar-refractivity contribution < 1.29 is 22.4 Å². The second-order valence-electron chi connectivity index (χ2n) is 4.46. The summed E-state index contributed by atoms with van der Waals surface area (Å²) in [5.41, 5.74) is -1.05. The third-order valence-electron chi connectivity index (χ3n) is 2.94. The standard InChI is InChI=1S/C15H10ClF4NO/c16-13-6-5-10(17)7-11(13)14(22)21-8-9-3-1-2-4-12(9)15(18,19)20/h1-7H,8H2,(H,21,22). The predicted molar refractivity (Wildman–Crippen MR) is 74.0 cm³/mol. The maximum absolute atomic E-state index is 13.1. The molecule has 2 nitrogen and oxygen atoms in total. The van der Waals surface area contributed by atoms with Crippen molar-refractivity contribution in [1.82, 2.24) is 5.32 Å². The minimum atomic E-state index is -4.52. The van der Waals surface area contributed by atoms with Crippen molar-refractivity contribution in [2.75, 3.05) is 0 Å². The quantitative estimate of drug-likeness (QED) is 0.828. The number of benzene rings is 2. The largest absolute Gasteiger partial charge is 0.416 e. The number of nitrogens with one attached hydrogen (secondary N) is 1. The highest BCUT2D eigenvalue weighted by molar-refractivity contribution is 6.33. The van der Waals surface area contributed by atoms with E-state index in [1.807, 2.05) is 0 Å². The zero-order chi connectivity index (χ0) is 16.3. The molecular formula is C15H10ClF4NO. The molecule has 0 aliphatic rings. The van der Waals surface area contributed by atoms with Crippen molar-refractivity contribution in [3.8, 4) is 0 Å². The van der Waals surface area contributed by atoms with Gasteiger partial charge in [0.1, 0.15) is 5.82 Å². The Bertz CT molecular complexity index is 700. The summed E-state index contributed by atoms with van der Waals surface area (Å²) in [5, 5.41) is 2.32. The second-order valence-corrected chi connectivity index (χ2v) is 4.87. The molecule has 0 saturated carbocycles. The molecule has 0 heterocycles. The first kappa shape index (κ1) is 16.3. The Hall–Kier alpha value is -2.08. The first-order valence-electron chi connectivity index (χ1n) is 6.17. The summed E-state index contributed by atoms with van der Waals surface area (Å²) in [6, 6.07) is 8.09. The lowest BCUT2D eigenvalue weighted by Gasteiger charge is -2.13. The van der Waals surface area contributed by atoms with E-state index in [9.17, 15) is 22.4 Å². The van der Waals surface area contributed by atoms with E-state index in [-0.39, 0.29) is 22.7 Å². The number of carbonyl (C=O) groups excluding carboxylic acids is 1. The van der Waals surface area contributed by atoms with E-state index in [0.717, 1.165) is 18.2 Å². The molecule has 1 amide bonds. The highest BCUT2D eigenvalue weighted by Crippen LogP contribution is 2.31. The Morgan fingerprint density at radius 2 is 1.82 bits per heavy atom. The van der Waals surface area contributed by atoms with Gasteiger partial charge in [-0.1, -0.05) is 29.8 Å². The number of rotatable bonds is 3. The molecule has 0 aliphatic carbocycles. The Morgan fingerprint density at radius 3 is 2.50 bits per heavy atom. The molecule has 0 atom stereocenters. The van der Waals surface area contributed by atoms with Gasteiger partial charge in [-0.15, -0.1) is 0 Å². The van der Waals surface area contributed by atoms with E-state index in [2.05, 4.69) is 5.32 Å². The first-order valence-corrected chi connectivity index (χ1v) is 6.55. The van der Waals surface area contributed by atoms with Crippen LogP contribution in [0, 0.1) is 5.82 Å². The molecule has 7 heteroatoms. The number of amides is 1. The Morgan fingerprint density at radius 1 is 1.14 bits per heavy atom. The SMILES string of the molecule is O=C(NCc1ccccc1C(F)(F)F)c1cc(F)ccc1Cl. The molecule has 0 spiro atoms. The Balaban J connectivity index is 2.17. The minimum Gasteiger partial charge on any atom is -0.348 e. The van der Waals surface area contributed by atoms with Gasteiger partial charge in [0, 0.05) is 6.54 Å². The summed E-state index contributed by atoms with van der Waals surface area (Å²) in [6.07, 6.45) is -4.52. The molecule has 0 saturated heterocycles. The van der Waals surface area contributed by atoms with Crippen molar-refractivity contribution in [3.05, 3.63) is 70.0 Å². The zero-order valence-corrected chi connectivity index (χ0v) is 11.8. The van der Waals surface area contributed by atoms with Crippen molar-refractivity contribution >= 4 is 17.5 Å². The Kier molecular flexibility index (Phi) is 4.71. The van der Waals surface area contributed by atoms with Gasteiger partial charge in [-0.2, -0.15) is 13.2 Å². The van der Waals surface area contributed by atoms with Gasteiger partial charge < -0.3 is 5.32 Å². The van der Waals surface area contributed by atoms with E-state index >= 15 is 0 Å². The molecule has 0 radical (unpaired) electrons. The van der Waals surface area contributed by atoms with Crippen LogP contribution < -0.4 is 5.32 Å². The first-order chi connectivity index (χ1) is 10.3. The molecule has 0 aromatic heterocycles. The predicted octanol–water partition coefficient (Wildman–Crippen LogP) is 4.43. The molecule has 2 rings (SSSR count). The molecule has 0 bridgehead atoms. The van der Waals surface area contributed by atoms with Crippen LogP contribution in [-0.2, 0) is 12.7 Å². The lowest BCUT2D eigenvalue weighted by molar-refractivity contribution is -0.138. The highest BCUT2D eigenvalue weighted by atomic mass is 35.5. The maximum atomic E-state index is 13.1. The summed E-state index contributed by atoms with van der Waals surface area (Å²) in [6.45, 7) is -0.346. The molecule has 0 aliphatic heterocycles. The van der Waals surface area contributed by atoms with Crippen LogP contribution in [0.4, 0.5) is 17.6 Å². The van der Waals surface area contributed by atoms with Gasteiger partial charge in [-0.05, 0) is 29.8 Å². The highest BCUT2D eigenvalue weighted by Gasteiger charge is 2.32. The smallest absolute Gasteiger partial charge is 0.348 e. The van der Waals surface area contributed by atoms with Crippen LogP contribution in [0.15, 0.2) is 42.5 Å². The Labute approximate surface area is 128 Å². The lowest BCUT2D eigenvalue weighted by atomic mass is 10.1. The zero-order valence-electron chi connectivity index (χ0n) is 11.0. The second kappa shape index (κ2) is 6.36. The minimum absolute atomic E-state index is 0.0167. The van der Waals surface area contributed by atoms with Crippen LogP contribution in [0.5, 0.6) is 0 Å². The normalized spacial score (nSPS) is 11.3. The summed E-state index contributed by atoms with van der Waals surface area (Å²) >= 11 is 5.77. The van der Waals surface area contributed by atoms with Gasteiger partial charge in [0.2, 0.25) is 0 Å². The average molecular weight is 332 g/mol. The molecule has 2 aromatic carbocycles. The third-order valence-corrected chi connectivity index (χ3v) is 3.26. The topological polar surface area (TPSA) is 29.1 Å². The van der Waals surface area contributed by atoms with Crippen LogP contribution >= 0.6 is 11.6 Å². The number of hydrogen-bond acceptors (Lipinski definition) is 1. The molecular weight excluding hydrogens is 322 g/mol. The molecule has 1 N–H and O–H groups in total. The molecule has 0 fully saturated rings. The summed E-state index contributed by atoms with van der Waals surface area (Å²) < 4.78 is 51.6. The summed E-state index contributed by atoms with van der Waals surface area (Å²) in [7, 11) is 0. The fourth-order valence-corrected chi connectivity index (χ4v) is 2.10. The van der Waals surface area contributed by atoms with Crippen molar-refractivity contribution in [3.63, 3.8) is 0 Å². The van der Waals surface area contributed by atoms with Crippen LogP contribution in [-0.4, -0.2) is 5.91 Å². The summed E-state index contributed by atoms with van der Waals surface area (Å²) in [5.74, 6) is -1.41. The third kappa shape index (κ3) is 3.76. The van der Waals surface area contributed by atoms with Crippen LogP contribution in [0.1, 0.15) is 21.5 Å². The fraction of sp³-hybridized carbons (Fsp3) is 0.133. The summed E-state index contributed by atoms with van der Waals surface area (Å²) in [4.78, 5) is 11.9. The number of halogens is 5. The van der Waals surface area contributed by atoms with Crippen molar-refractivity contribution in [2.24, 2.45) is 0 Å². The molecule has 2 aromatic rings. The molecule has 0 unspecified atom stereocenters. The lowest BCUT2D eigenvalue weighted by Crippen LogP contribution is -2.25. The number of alkyl halides is 3. The van der Waals surface area contributed by atoms with Gasteiger partial charge in [0.15, 0.2) is 0 Å². The average Bonchev–Trinajstić information content (AvgIpc) is 2.46. The number of carbonyl (C=O) groups is 1. The van der Waals surface area contributed by atoms with Gasteiger partial charge in [0.25, 0.3) is 5.91 Å². The van der Waals surface area contributed by atoms with E-state index < -0.39 is 23.5 Å². The monoisotopic (exact) mass is 331 g/mol. The van der Waals surface area contributed by atoms with Gasteiger partial charge in [0.05, 0.1) is 16.1 Å². The van der Waals surface area contributed by atoms with Crippen LogP contribution in [0.25, 0.3) is 0 Å². The van der Waals surface area contributed by atoms with Gasteiger partial charge in [-0.25, -0.2) is 4.39 Å². The molecule has 116 valence electrons. The van der Waals surface area contributed by atoms with Crippen LogP contribution in [0.3, 0.4) is 0 Å². The van der Waals surface area contributed by atoms with E-state index in [1.54, 1.807) is 0 Å². The fourth-order valence-electron chi connectivity index (χ4n) is 1.89. The van der Waals surface area contributed by atoms with Crippen molar-refractivity contribution in [1.29, 1.82) is 0 Å². The van der Waals surface area contributed by atoms with E-state index in [4.69, 9.17) is 11.6 Å². The van der Waals surface area contributed by atoms with Gasteiger partial charge >= 0.3 is 6.18 Å². The maximum Gasteiger partial charge on any atom is 0.416 e. The van der Waals surface area contributed by atoms with E-state index in [1.165, 1.54) is 24.3 Å². The van der Waals surface area contributed by atoms with E-state index in [0.29, 0.717) is 0 Å². The van der Waals surface area contributed by atoms with Crippen molar-refractivity contribution in [2.45, 2.75) is 12.7 Å². The van der Waals surface area contributed by atoms with Gasteiger partial charge in [-0.3, -0.25) is 4.79 Å². The number of hydrogen-bond donors (Lipinski definition) is 1.